The van der Waals surface area contributed by atoms with Gasteiger partial charge in [-0.3, -0.25) is 9.59 Å². The summed E-state index contributed by atoms with van der Waals surface area (Å²) in [5, 5.41) is 0. The van der Waals surface area contributed by atoms with E-state index in [0.717, 1.165) is 49.4 Å². The van der Waals surface area contributed by atoms with Crippen LogP contribution in [0.25, 0.3) is 0 Å². The molecule has 4 nitrogen and oxygen atoms in total. The van der Waals surface area contributed by atoms with Crippen LogP contribution >= 0.6 is 25.1 Å². The highest BCUT2D eigenvalue weighted by Gasteiger charge is 2.22. The number of thiol groups is 2. The zero-order valence-corrected chi connectivity index (χ0v) is 17.5. The molecule has 0 amide bonds. The van der Waals surface area contributed by atoms with Crippen LogP contribution in [0.4, 0.5) is 0 Å². The van der Waals surface area contributed by atoms with Crippen molar-refractivity contribution < 1.29 is 19.1 Å². The molecule has 0 fully saturated rings. The average molecular weight is 383 g/mol. The maximum Gasteiger partial charge on any atom is 0.311 e. The van der Waals surface area contributed by atoms with Gasteiger partial charge < -0.3 is 9.47 Å². The predicted octanol–water partition coefficient (Wildman–Crippen LogP) is 4.35. The number of rotatable bonds is 9. The number of esters is 2. The summed E-state index contributed by atoms with van der Waals surface area (Å²) >= 11 is 2.08. The minimum Gasteiger partial charge on any atom is -0.465 e. The van der Waals surface area contributed by atoms with Gasteiger partial charge in [-0.1, -0.05) is 12.2 Å². The highest BCUT2D eigenvalue weighted by Crippen LogP contribution is 2.15. The van der Waals surface area contributed by atoms with E-state index in [-0.39, 0.29) is 11.9 Å². The highest BCUT2D eigenvalue weighted by atomic mass is 32.1. The fourth-order valence-electron chi connectivity index (χ4n) is 1.03. The summed E-state index contributed by atoms with van der Waals surface area (Å²) in [4.78, 5) is 22.4. The van der Waals surface area contributed by atoms with E-state index in [2.05, 4.69) is 0 Å². The minimum atomic E-state index is -0.426. The summed E-state index contributed by atoms with van der Waals surface area (Å²) in [5.74, 6) is 1.15. The van der Waals surface area contributed by atoms with Gasteiger partial charge in [0, 0.05) is 0 Å². The summed E-state index contributed by atoms with van der Waals surface area (Å²) in [6.45, 7) is 11.7. The lowest BCUT2D eigenvalue weighted by molar-refractivity contribution is -0.153. The fraction of sp³-hybridized carbons (Fsp3) is 0.778. The molecule has 0 aromatic carbocycles. The van der Waals surface area contributed by atoms with Crippen LogP contribution in [0.5, 0.6) is 0 Å². The second-order valence-corrected chi connectivity index (χ2v) is 8.07. The first-order chi connectivity index (χ1) is 12.0. The van der Waals surface area contributed by atoms with Crippen molar-refractivity contribution in [3.63, 3.8) is 0 Å². The molecular weight excluding hydrogens is 344 g/mol. The van der Waals surface area contributed by atoms with E-state index >= 15 is 0 Å². The van der Waals surface area contributed by atoms with Gasteiger partial charge in [0.25, 0.3) is 0 Å². The maximum absolute atomic E-state index is 11.3. The van der Waals surface area contributed by atoms with Gasteiger partial charge in [-0.25, -0.2) is 0 Å². The zero-order chi connectivity index (χ0) is 20.6. The van der Waals surface area contributed by atoms with Crippen LogP contribution in [0.1, 0.15) is 54.4 Å². The molecule has 0 aliphatic heterocycles. The third-order valence-corrected chi connectivity index (χ3v) is 3.03. The Morgan fingerprint density at radius 2 is 1.46 bits per heavy atom. The Morgan fingerprint density at radius 3 is 1.96 bits per heavy atom. The Balaban J connectivity index is 0. The molecule has 0 N–H and O–H groups in total. The van der Waals surface area contributed by atoms with Gasteiger partial charge in [0.05, 0.1) is 17.4 Å². The lowest BCUT2D eigenvalue weighted by Crippen LogP contribution is -2.23. The molecule has 0 aliphatic rings. The zero-order valence-electron chi connectivity index (χ0n) is 17.8. The van der Waals surface area contributed by atoms with E-state index in [1.54, 1.807) is 0 Å². The van der Waals surface area contributed by atoms with Crippen LogP contribution in [0, 0.1) is 10.8 Å². The summed E-state index contributed by atoms with van der Waals surface area (Å²) < 4.78 is 23.6. The molecule has 0 heterocycles. The molecule has 0 saturated carbocycles. The number of hydrogen-bond donors (Lipinski definition) is 2. The van der Waals surface area contributed by atoms with Gasteiger partial charge in [0.15, 0.2) is 0 Å². The van der Waals surface area contributed by atoms with Crippen molar-refractivity contribution in [2.24, 2.45) is 10.8 Å². The van der Waals surface area contributed by atoms with Crippen LogP contribution in [-0.4, -0.2) is 38.9 Å². The topological polar surface area (TPSA) is 52.6 Å². The van der Waals surface area contributed by atoms with Gasteiger partial charge in [-0.2, -0.15) is 25.1 Å². The first-order valence-electron chi connectivity index (χ1n) is 8.94. The molecule has 6 heteroatoms. The number of allylic oxidation sites excluding steroid dienone is 1. The second kappa shape index (κ2) is 13.6. The molecule has 0 aromatic heterocycles. The molecule has 24 heavy (non-hydrogen) atoms. The van der Waals surface area contributed by atoms with Crippen LogP contribution in [-0.2, 0) is 19.1 Å². The number of hydrogen-bond acceptors (Lipinski definition) is 6. The molecule has 0 unspecified atom stereocenters. The maximum atomic E-state index is 11.3. The van der Waals surface area contributed by atoms with Gasteiger partial charge in [0.1, 0.15) is 8.85 Å². The Hall–Kier alpha value is -0.620. The van der Waals surface area contributed by atoms with E-state index < -0.39 is 10.8 Å². The first-order valence-corrected chi connectivity index (χ1v) is 9.28. The van der Waals surface area contributed by atoms with Gasteiger partial charge in [0.2, 0.25) is 0 Å². The van der Waals surface area contributed by atoms with Gasteiger partial charge >= 0.3 is 11.9 Å². The lowest BCUT2D eigenvalue weighted by Gasteiger charge is -2.15. The van der Waals surface area contributed by atoms with Crippen molar-refractivity contribution >= 4 is 37.0 Å². The van der Waals surface area contributed by atoms with E-state index in [0.29, 0.717) is 13.2 Å². The van der Waals surface area contributed by atoms with Crippen LogP contribution in [0.15, 0.2) is 12.2 Å². The summed E-state index contributed by atoms with van der Waals surface area (Å²) in [5.41, 5.74) is -0.834. The van der Waals surface area contributed by atoms with E-state index in [1.807, 2.05) is 53.7 Å². The number of ether oxygens (including phenoxy) is 2. The van der Waals surface area contributed by atoms with Crippen molar-refractivity contribution in [3.8, 4) is 0 Å². The molecule has 0 radical (unpaired) electrons. The number of carbonyl (C=O) groups is 2. The Bertz CT molecular complexity index is 416. The SMILES string of the molecule is [3H]SCC/C=C\COC(=O)C(C)(C)C.[3H]SCCCOC(=O)C(C)(C)C. The molecule has 0 aromatic rings. The van der Waals surface area contributed by atoms with E-state index in [1.165, 1.54) is 0 Å². The largest absolute Gasteiger partial charge is 0.465 e. The van der Waals surface area contributed by atoms with Gasteiger partial charge in [-0.05, 0) is 65.9 Å². The summed E-state index contributed by atoms with van der Waals surface area (Å²) in [6, 6.07) is 0. The molecule has 0 saturated heterocycles. The quantitative estimate of drug-likeness (QED) is 0.269. The Kier molecular flexibility index (Phi) is 12.2. The fourth-order valence-corrected chi connectivity index (χ4v) is 1.29. The molecular formula is C18H34O4S2. The molecule has 0 bridgehead atoms. The van der Waals surface area contributed by atoms with Crippen LogP contribution in [0.2, 0.25) is 0 Å². The molecule has 0 aliphatic carbocycles. The third-order valence-electron chi connectivity index (χ3n) is 2.51. The number of carbonyl (C=O) groups excluding carboxylic acids is 2. The predicted molar refractivity (Wildman–Crippen MR) is 107 cm³/mol. The highest BCUT2D eigenvalue weighted by molar-refractivity contribution is 7.80. The smallest absolute Gasteiger partial charge is 0.311 e. The van der Waals surface area contributed by atoms with Crippen LogP contribution in [0.3, 0.4) is 0 Å². The van der Waals surface area contributed by atoms with Gasteiger partial charge in [-0.15, -0.1) is 0 Å². The lowest BCUT2D eigenvalue weighted by atomic mass is 9.97. The standard InChI is InChI=1S/C10H18O2S.C8H16O2S/c1-10(2,3)9(11)12-7-5-4-6-8-13;1-8(2,3)7(9)10-5-4-6-11/h4-5,13H,6-8H2,1-3H3;11H,4-6H2,1-3H3/b5-4-;/i/hT2. The van der Waals surface area contributed by atoms with Crippen molar-refractivity contribution in [2.75, 3.05) is 24.7 Å². The van der Waals surface area contributed by atoms with Crippen molar-refractivity contribution in [1.82, 2.24) is 0 Å². The van der Waals surface area contributed by atoms with Crippen molar-refractivity contribution in [1.29, 1.82) is 2.25 Å². The van der Waals surface area contributed by atoms with Crippen LogP contribution < -0.4 is 0 Å². The summed E-state index contributed by atoms with van der Waals surface area (Å²) in [7, 11) is 0. The third kappa shape index (κ3) is 16.2. The molecule has 0 atom stereocenters. The monoisotopic (exact) mass is 382 g/mol. The molecule has 0 spiro atoms. The summed E-state index contributed by atoms with van der Waals surface area (Å²) in [6.07, 6.45) is 5.36. The average Bonchev–Trinajstić information content (AvgIpc) is 2.53. The Labute approximate surface area is 160 Å². The first kappa shape index (κ1) is 21.4. The molecule has 0 rings (SSSR count). The van der Waals surface area contributed by atoms with Crippen molar-refractivity contribution in [2.45, 2.75) is 54.4 Å². The molecule has 142 valence electrons. The Morgan fingerprint density at radius 1 is 0.917 bits per heavy atom. The van der Waals surface area contributed by atoms with E-state index in [4.69, 9.17) is 11.7 Å². The normalized spacial score (nSPS) is 12.8. The second-order valence-electron chi connectivity index (χ2n) is 7.26. The van der Waals surface area contributed by atoms with Crippen molar-refractivity contribution in [3.05, 3.63) is 12.2 Å². The van der Waals surface area contributed by atoms with E-state index in [9.17, 15) is 9.59 Å². The minimum absolute atomic E-state index is 0.169.